The number of hydrogen-bond acceptors (Lipinski definition) is 4. The summed E-state index contributed by atoms with van der Waals surface area (Å²) < 4.78 is 0. The van der Waals surface area contributed by atoms with Crippen LogP contribution in [0.1, 0.15) is 12.8 Å². The number of nitrogens with one attached hydrogen (secondary N) is 1. The molecule has 1 aliphatic carbocycles. The van der Waals surface area contributed by atoms with Crippen LogP contribution in [0.2, 0.25) is 0 Å². The lowest BCUT2D eigenvalue weighted by atomic mass is 9.94. The summed E-state index contributed by atoms with van der Waals surface area (Å²) in [5.41, 5.74) is -0.265. The third kappa shape index (κ3) is 0.980. The van der Waals surface area contributed by atoms with Gasteiger partial charge in [-0.3, -0.25) is 0 Å². The minimum absolute atomic E-state index is 0.265. The number of hydrogen-bond donors (Lipinski definition) is 4. The van der Waals surface area contributed by atoms with Crippen molar-refractivity contribution >= 4 is 0 Å². The summed E-state index contributed by atoms with van der Waals surface area (Å²) in [4.78, 5) is 0. The normalized spacial score (nSPS) is 47.7. The van der Waals surface area contributed by atoms with Crippen molar-refractivity contribution in [2.45, 2.75) is 36.7 Å². The Morgan fingerprint density at radius 1 is 1.18 bits per heavy atom. The number of rotatable bonds is 0. The molecular weight excluding hydrogens is 146 g/mol. The van der Waals surface area contributed by atoms with Gasteiger partial charge in [-0.2, -0.15) is 0 Å². The van der Waals surface area contributed by atoms with E-state index in [0.29, 0.717) is 6.54 Å². The number of aliphatic hydroxyl groups is 3. The van der Waals surface area contributed by atoms with Crippen LogP contribution >= 0.6 is 0 Å². The zero-order chi connectivity index (χ0) is 8.06. The molecule has 0 aromatic carbocycles. The number of β-amino-alcohol motifs (C(OH)–C–C–N with tert-alkyl or cyclic N) is 1. The summed E-state index contributed by atoms with van der Waals surface area (Å²) in [5.74, 6) is 0. The monoisotopic (exact) mass is 159 g/mol. The second-order valence-electron chi connectivity index (χ2n) is 3.54. The van der Waals surface area contributed by atoms with Gasteiger partial charge in [0.15, 0.2) is 0 Å². The minimum Gasteiger partial charge on any atom is -0.389 e. The summed E-state index contributed by atoms with van der Waals surface area (Å²) in [7, 11) is 0. The second kappa shape index (κ2) is 2.17. The fourth-order valence-electron chi connectivity index (χ4n) is 1.68. The first-order chi connectivity index (χ1) is 5.16. The van der Waals surface area contributed by atoms with E-state index in [4.69, 9.17) is 5.11 Å². The fourth-order valence-corrected chi connectivity index (χ4v) is 1.68. The molecule has 0 radical (unpaired) electrons. The minimum atomic E-state index is -0.973. The Balaban J connectivity index is 2.09. The zero-order valence-corrected chi connectivity index (χ0v) is 6.20. The summed E-state index contributed by atoms with van der Waals surface area (Å²) in [6, 6.07) is 0. The largest absolute Gasteiger partial charge is 0.389 e. The van der Waals surface area contributed by atoms with Gasteiger partial charge in [0, 0.05) is 12.1 Å². The van der Waals surface area contributed by atoms with E-state index in [2.05, 4.69) is 5.32 Å². The molecule has 2 aliphatic rings. The second-order valence-corrected chi connectivity index (χ2v) is 3.54. The van der Waals surface area contributed by atoms with Gasteiger partial charge in [0.2, 0.25) is 0 Å². The number of aliphatic hydroxyl groups excluding tert-OH is 3. The van der Waals surface area contributed by atoms with Gasteiger partial charge < -0.3 is 20.6 Å². The molecule has 2 fully saturated rings. The summed E-state index contributed by atoms with van der Waals surface area (Å²) in [5, 5.41) is 30.9. The smallest absolute Gasteiger partial charge is 0.109 e. The summed E-state index contributed by atoms with van der Waals surface area (Å²) >= 11 is 0. The van der Waals surface area contributed by atoms with Crippen LogP contribution in [0, 0.1) is 0 Å². The third-order valence-corrected chi connectivity index (χ3v) is 2.74. The molecule has 64 valence electrons. The first-order valence-electron chi connectivity index (χ1n) is 3.95. The molecule has 0 aromatic rings. The Hall–Kier alpha value is -0.160. The van der Waals surface area contributed by atoms with Crippen molar-refractivity contribution in [1.82, 2.24) is 5.32 Å². The first kappa shape index (κ1) is 7.49. The van der Waals surface area contributed by atoms with Crippen molar-refractivity contribution in [3.8, 4) is 0 Å². The van der Waals surface area contributed by atoms with E-state index in [1.165, 1.54) is 0 Å². The average Bonchev–Trinajstić information content (AvgIpc) is 2.76. The maximum absolute atomic E-state index is 9.47. The molecule has 4 N–H and O–H groups in total. The van der Waals surface area contributed by atoms with E-state index < -0.39 is 18.3 Å². The van der Waals surface area contributed by atoms with Crippen LogP contribution in [0.4, 0.5) is 0 Å². The van der Waals surface area contributed by atoms with Crippen LogP contribution in [0.25, 0.3) is 0 Å². The van der Waals surface area contributed by atoms with Gasteiger partial charge in [0.05, 0.1) is 6.10 Å². The van der Waals surface area contributed by atoms with E-state index in [9.17, 15) is 10.2 Å². The van der Waals surface area contributed by atoms with E-state index in [0.717, 1.165) is 12.8 Å². The predicted molar refractivity (Wildman–Crippen MR) is 38.0 cm³/mol. The van der Waals surface area contributed by atoms with Gasteiger partial charge in [0.1, 0.15) is 12.2 Å². The average molecular weight is 159 g/mol. The molecule has 1 saturated carbocycles. The topological polar surface area (TPSA) is 72.7 Å². The summed E-state index contributed by atoms with van der Waals surface area (Å²) in [6.07, 6.45) is -0.795. The Morgan fingerprint density at radius 3 is 2.36 bits per heavy atom. The van der Waals surface area contributed by atoms with Crippen molar-refractivity contribution in [1.29, 1.82) is 0 Å². The van der Waals surface area contributed by atoms with Crippen molar-refractivity contribution in [2.75, 3.05) is 6.54 Å². The SMILES string of the molecule is O[C@H]1[C@@H](O)C2(CC2)NC[C@@H]1O. The standard InChI is InChI=1S/C7H13NO3/c9-4-3-8-7(1-2-7)6(11)5(4)10/h4-6,8-11H,1-3H2/t4-,5+,6+/m0/s1. The van der Waals surface area contributed by atoms with Crippen molar-refractivity contribution in [3.63, 3.8) is 0 Å². The molecule has 2 rings (SSSR count). The van der Waals surface area contributed by atoms with Gasteiger partial charge >= 0.3 is 0 Å². The van der Waals surface area contributed by atoms with Crippen molar-refractivity contribution < 1.29 is 15.3 Å². The molecule has 3 atom stereocenters. The fraction of sp³-hybridized carbons (Fsp3) is 1.00. The van der Waals surface area contributed by atoms with E-state index in [-0.39, 0.29) is 5.54 Å². The molecule has 0 unspecified atom stereocenters. The highest BCUT2D eigenvalue weighted by molar-refractivity contribution is 5.13. The predicted octanol–water partition coefficient (Wildman–Crippen LogP) is -1.80. The van der Waals surface area contributed by atoms with Crippen LogP contribution in [0.5, 0.6) is 0 Å². The molecule has 1 aliphatic heterocycles. The van der Waals surface area contributed by atoms with Crippen molar-refractivity contribution in [2.24, 2.45) is 0 Å². The molecule has 4 heteroatoms. The van der Waals surface area contributed by atoms with Gasteiger partial charge in [0.25, 0.3) is 0 Å². The Morgan fingerprint density at radius 2 is 1.82 bits per heavy atom. The highest BCUT2D eigenvalue weighted by Crippen LogP contribution is 2.42. The molecular formula is C7H13NO3. The lowest BCUT2D eigenvalue weighted by Crippen LogP contribution is -2.61. The quantitative estimate of drug-likeness (QED) is 0.337. The van der Waals surface area contributed by atoms with Crippen LogP contribution in [0.15, 0.2) is 0 Å². The van der Waals surface area contributed by atoms with E-state index in [1.54, 1.807) is 0 Å². The highest BCUT2D eigenvalue weighted by atomic mass is 16.4. The third-order valence-electron chi connectivity index (χ3n) is 2.74. The van der Waals surface area contributed by atoms with Crippen molar-refractivity contribution in [3.05, 3.63) is 0 Å². The Labute approximate surface area is 64.8 Å². The van der Waals surface area contributed by atoms with Gasteiger partial charge in [-0.05, 0) is 12.8 Å². The Kier molecular flexibility index (Phi) is 1.47. The molecule has 1 spiro atoms. The van der Waals surface area contributed by atoms with E-state index in [1.807, 2.05) is 0 Å². The molecule has 0 bridgehead atoms. The van der Waals surface area contributed by atoms with Gasteiger partial charge in [-0.1, -0.05) is 0 Å². The maximum atomic E-state index is 9.47. The molecule has 4 nitrogen and oxygen atoms in total. The van der Waals surface area contributed by atoms with Crippen LogP contribution in [-0.2, 0) is 0 Å². The lowest BCUT2D eigenvalue weighted by Gasteiger charge is -2.36. The van der Waals surface area contributed by atoms with Gasteiger partial charge in [-0.25, -0.2) is 0 Å². The maximum Gasteiger partial charge on any atom is 0.109 e. The molecule has 11 heavy (non-hydrogen) atoms. The summed E-state index contributed by atoms with van der Waals surface area (Å²) in [6.45, 7) is 0.387. The van der Waals surface area contributed by atoms with Crippen LogP contribution < -0.4 is 5.32 Å². The van der Waals surface area contributed by atoms with Gasteiger partial charge in [-0.15, -0.1) is 0 Å². The van der Waals surface area contributed by atoms with Crippen LogP contribution in [0.3, 0.4) is 0 Å². The Bertz CT molecular complexity index is 169. The number of piperidine rings is 1. The molecule has 1 heterocycles. The lowest BCUT2D eigenvalue weighted by molar-refractivity contribution is -0.100. The zero-order valence-electron chi connectivity index (χ0n) is 6.20. The molecule has 0 amide bonds. The van der Waals surface area contributed by atoms with E-state index >= 15 is 0 Å². The molecule has 0 aromatic heterocycles. The molecule has 1 saturated heterocycles. The van der Waals surface area contributed by atoms with Crippen LogP contribution in [-0.4, -0.2) is 45.7 Å². The first-order valence-corrected chi connectivity index (χ1v) is 3.95. The highest BCUT2D eigenvalue weighted by Gasteiger charge is 2.55.